The fourth-order valence-corrected chi connectivity index (χ4v) is 1.92. The van der Waals surface area contributed by atoms with Crippen LogP contribution in [0.3, 0.4) is 0 Å². The van der Waals surface area contributed by atoms with Crippen LogP contribution in [0.5, 0.6) is 0 Å². The van der Waals surface area contributed by atoms with E-state index in [-0.39, 0.29) is 0 Å². The molecule has 1 fully saturated rings. The Labute approximate surface area is 91.0 Å². The van der Waals surface area contributed by atoms with Gasteiger partial charge >= 0.3 is 5.97 Å². The van der Waals surface area contributed by atoms with E-state index in [2.05, 4.69) is 5.32 Å². The van der Waals surface area contributed by atoms with E-state index in [1.807, 2.05) is 6.92 Å². The molecular weight excluding hydrogens is 194 g/mol. The second-order valence-corrected chi connectivity index (χ2v) is 4.09. The quantitative estimate of drug-likeness (QED) is 0.727. The van der Waals surface area contributed by atoms with Crippen LogP contribution in [-0.2, 0) is 9.53 Å². The number of rotatable bonds is 5. The summed E-state index contributed by atoms with van der Waals surface area (Å²) in [5, 5.41) is 12.2. The molecule has 0 spiro atoms. The zero-order valence-corrected chi connectivity index (χ0v) is 9.37. The Morgan fingerprint density at radius 2 is 2.33 bits per heavy atom. The van der Waals surface area contributed by atoms with E-state index in [0.29, 0.717) is 12.5 Å². The van der Waals surface area contributed by atoms with E-state index in [1.165, 1.54) is 0 Å². The molecule has 1 aliphatic rings. The van der Waals surface area contributed by atoms with Crippen molar-refractivity contribution in [1.82, 2.24) is 5.32 Å². The number of aliphatic carboxylic acids is 1. The summed E-state index contributed by atoms with van der Waals surface area (Å²) in [6.45, 7) is 3.56. The number of hydrogen-bond acceptors (Lipinski definition) is 3. The maximum atomic E-state index is 11.0. The van der Waals surface area contributed by atoms with Crippen LogP contribution in [0.15, 0.2) is 0 Å². The predicted molar refractivity (Wildman–Crippen MR) is 57.9 cm³/mol. The van der Waals surface area contributed by atoms with Crippen molar-refractivity contribution in [3.8, 4) is 0 Å². The minimum atomic E-state index is -0.734. The first-order valence-electron chi connectivity index (χ1n) is 5.80. The van der Waals surface area contributed by atoms with Crippen LogP contribution >= 0.6 is 0 Å². The first kappa shape index (κ1) is 12.5. The van der Waals surface area contributed by atoms with Crippen molar-refractivity contribution in [1.29, 1.82) is 0 Å². The summed E-state index contributed by atoms with van der Waals surface area (Å²) in [6, 6.07) is -0.0850. The van der Waals surface area contributed by atoms with Crippen LogP contribution in [0.25, 0.3) is 0 Å². The van der Waals surface area contributed by atoms with Gasteiger partial charge in [0.2, 0.25) is 0 Å². The molecule has 0 saturated carbocycles. The number of carbonyl (C=O) groups is 1. The van der Waals surface area contributed by atoms with E-state index >= 15 is 0 Å². The third-order valence-electron chi connectivity index (χ3n) is 2.76. The molecule has 0 aromatic rings. The SMILES string of the molecule is CCCC(NC1CCCOCC1)C(=O)O. The van der Waals surface area contributed by atoms with Gasteiger partial charge in [-0.1, -0.05) is 13.3 Å². The minimum absolute atomic E-state index is 0.306. The number of nitrogens with one attached hydrogen (secondary N) is 1. The van der Waals surface area contributed by atoms with Gasteiger partial charge in [0.15, 0.2) is 0 Å². The molecule has 88 valence electrons. The zero-order chi connectivity index (χ0) is 11.1. The van der Waals surface area contributed by atoms with Gasteiger partial charge in [-0.05, 0) is 25.7 Å². The molecular formula is C11H21NO3. The standard InChI is InChI=1S/C11H21NO3/c1-2-4-10(11(13)14)12-9-5-3-7-15-8-6-9/h9-10,12H,2-8H2,1H3,(H,13,14). The Kier molecular flexibility index (Phi) is 5.65. The lowest BCUT2D eigenvalue weighted by atomic mass is 10.1. The van der Waals surface area contributed by atoms with Crippen molar-refractivity contribution in [2.45, 2.75) is 51.1 Å². The lowest BCUT2D eigenvalue weighted by Crippen LogP contribution is -2.43. The topological polar surface area (TPSA) is 58.6 Å². The van der Waals surface area contributed by atoms with E-state index in [9.17, 15) is 4.79 Å². The summed E-state index contributed by atoms with van der Waals surface area (Å²) in [5.41, 5.74) is 0. The molecule has 2 N–H and O–H groups in total. The van der Waals surface area contributed by atoms with Gasteiger partial charge in [-0.25, -0.2) is 0 Å². The van der Waals surface area contributed by atoms with E-state index < -0.39 is 12.0 Å². The highest BCUT2D eigenvalue weighted by atomic mass is 16.5. The Hall–Kier alpha value is -0.610. The van der Waals surface area contributed by atoms with Crippen LogP contribution in [0.4, 0.5) is 0 Å². The van der Waals surface area contributed by atoms with Crippen molar-refractivity contribution in [2.75, 3.05) is 13.2 Å². The number of carboxylic acid groups (broad SMARTS) is 1. The molecule has 4 heteroatoms. The zero-order valence-electron chi connectivity index (χ0n) is 9.37. The molecule has 0 radical (unpaired) electrons. The van der Waals surface area contributed by atoms with Crippen molar-refractivity contribution < 1.29 is 14.6 Å². The lowest BCUT2D eigenvalue weighted by molar-refractivity contribution is -0.140. The van der Waals surface area contributed by atoms with E-state index in [0.717, 1.165) is 38.9 Å². The molecule has 1 heterocycles. The maximum absolute atomic E-state index is 11.0. The van der Waals surface area contributed by atoms with Crippen molar-refractivity contribution in [3.63, 3.8) is 0 Å². The van der Waals surface area contributed by atoms with Crippen LogP contribution in [-0.4, -0.2) is 36.4 Å². The van der Waals surface area contributed by atoms with E-state index in [1.54, 1.807) is 0 Å². The minimum Gasteiger partial charge on any atom is -0.480 e. The summed E-state index contributed by atoms with van der Waals surface area (Å²) < 4.78 is 5.34. The smallest absolute Gasteiger partial charge is 0.320 e. The van der Waals surface area contributed by atoms with Gasteiger partial charge in [0.05, 0.1) is 0 Å². The number of hydrogen-bond donors (Lipinski definition) is 2. The van der Waals surface area contributed by atoms with E-state index in [4.69, 9.17) is 9.84 Å². The maximum Gasteiger partial charge on any atom is 0.320 e. The molecule has 1 saturated heterocycles. The monoisotopic (exact) mass is 215 g/mol. The Balaban J connectivity index is 2.37. The molecule has 0 aromatic heterocycles. The lowest BCUT2D eigenvalue weighted by Gasteiger charge is -2.21. The van der Waals surface area contributed by atoms with Crippen LogP contribution in [0.2, 0.25) is 0 Å². The second-order valence-electron chi connectivity index (χ2n) is 4.09. The second kappa shape index (κ2) is 6.80. The van der Waals surface area contributed by atoms with Crippen LogP contribution < -0.4 is 5.32 Å². The highest BCUT2D eigenvalue weighted by molar-refractivity contribution is 5.73. The summed E-state index contributed by atoms with van der Waals surface area (Å²) in [6.07, 6.45) is 4.57. The molecule has 2 atom stereocenters. The largest absolute Gasteiger partial charge is 0.480 e. The number of ether oxygens (including phenoxy) is 1. The first-order valence-corrected chi connectivity index (χ1v) is 5.80. The fourth-order valence-electron chi connectivity index (χ4n) is 1.92. The fraction of sp³-hybridized carbons (Fsp3) is 0.909. The van der Waals surface area contributed by atoms with Crippen molar-refractivity contribution in [2.24, 2.45) is 0 Å². The molecule has 0 amide bonds. The third kappa shape index (κ3) is 4.62. The molecule has 2 unspecified atom stereocenters. The Morgan fingerprint density at radius 3 is 3.00 bits per heavy atom. The Bertz CT molecular complexity index is 188. The summed E-state index contributed by atoms with van der Waals surface area (Å²) >= 11 is 0. The van der Waals surface area contributed by atoms with Gasteiger partial charge in [-0.2, -0.15) is 0 Å². The average Bonchev–Trinajstić information content (AvgIpc) is 2.45. The highest BCUT2D eigenvalue weighted by Crippen LogP contribution is 2.10. The molecule has 1 aliphatic heterocycles. The molecule has 4 nitrogen and oxygen atoms in total. The summed E-state index contributed by atoms with van der Waals surface area (Å²) in [5.74, 6) is -0.734. The molecule has 0 aromatic carbocycles. The highest BCUT2D eigenvalue weighted by Gasteiger charge is 2.21. The van der Waals surface area contributed by atoms with Gasteiger partial charge in [0.25, 0.3) is 0 Å². The van der Waals surface area contributed by atoms with Gasteiger partial charge in [0, 0.05) is 19.3 Å². The van der Waals surface area contributed by atoms with Gasteiger partial charge in [0.1, 0.15) is 6.04 Å². The van der Waals surface area contributed by atoms with Crippen LogP contribution in [0, 0.1) is 0 Å². The first-order chi connectivity index (χ1) is 7.24. The van der Waals surface area contributed by atoms with Gasteiger partial charge < -0.3 is 15.2 Å². The van der Waals surface area contributed by atoms with Gasteiger partial charge in [-0.15, -0.1) is 0 Å². The molecule has 1 rings (SSSR count). The summed E-state index contributed by atoms with van der Waals surface area (Å²) in [4.78, 5) is 11.0. The normalized spacial score (nSPS) is 24.5. The average molecular weight is 215 g/mol. The van der Waals surface area contributed by atoms with Crippen molar-refractivity contribution in [3.05, 3.63) is 0 Å². The number of carboxylic acids is 1. The molecule has 15 heavy (non-hydrogen) atoms. The van der Waals surface area contributed by atoms with Gasteiger partial charge in [-0.3, -0.25) is 4.79 Å². The summed E-state index contributed by atoms with van der Waals surface area (Å²) in [7, 11) is 0. The predicted octanol–water partition coefficient (Wildman–Crippen LogP) is 1.40. The Morgan fingerprint density at radius 1 is 1.53 bits per heavy atom. The molecule has 0 bridgehead atoms. The molecule has 0 aliphatic carbocycles. The van der Waals surface area contributed by atoms with Crippen molar-refractivity contribution >= 4 is 5.97 Å². The van der Waals surface area contributed by atoms with Crippen LogP contribution in [0.1, 0.15) is 39.0 Å². The third-order valence-corrected chi connectivity index (χ3v) is 2.76.